The number of hydrogen-bond acceptors (Lipinski definition) is 3. The first kappa shape index (κ1) is 16.8. The Morgan fingerprint density at radius 1 is 1.27 bits per heavy atom. The largest absolute Gasteiger partial charge is 0.381 e. The number of nitrogens with one attached hydrogen (secondary N) is 1. The van der Waals surface area contributed by atoms with Gasteiger partial charge in [-0.15, -0.1) is 0 Å². The molecule has 2 N–H and O–H groups in total. The summed E-state index contributed by atoms with van der Waals surface area (Å²) in [6.07, 6.45) is 0. The molecule has 0 atom stereocenters. The molecule has 0 radical (unpaired) electrons. The molecule has 0 saturated carbocycles. The molecule has 0 saturated heterocycles. The predicted octanol–water partition coefficient (Wildman–Crippen LogP) is 3.23. The molecule has 120 valence electrons. The minimum Gasteiger partial charge on any atom is -0.381 e. The standard InChI is InChI=1S/C16H22ClN3O2/c1-15(2,3)9-7-8-10(17)11-12(9)20(6)19-13(11)18-14(21)16(4,5)22/h7-8,22H,1-6H3,(H,18,19,21). The second kappa shape index (κ2) is 5.25. The van der Waals surface area contributed by atoms with E-state index in [2.05, 4.69) is 31.2 Å². The number of amides is 1. The van der Waals surface area contributed by atoms with E-state index in [9.17, 15) is 9.90 Å². The topological polar surface area (TPSA) is 67.2 Å². The van der Waals surface area contributed by atoms with E-state index < -0.39 is 11.5 Å². The first-order valence-corrected chi connectivity index (χ1v) is 7.50. The molecule has 5 nitrogen and oxygen atoms in total. The van der Waals surface area contributed by atoms with Crippen LogP contribution in [0.1, 0.15) is 40.2 Å². The van der Waals surface area contributed by atoms with Crippen molar-refractivity contribution in [1.82, 2.24) is 9.78 Å². The quantitative estimate of drug-likeness (QED) is 0.891. The van der Waals surface area contributed by atoms with Crippen molar-refractivity contribution in [3.63, 3.8) is 0 Å². The van der Waals surface area contributed by atoms with E-state index in [4.69, 9.17) is 11.6 Å². The first-order valence-electron chi connectivity index (χ1n) is 7.12. The molecular formula is C16H22ClN3O2. The smallest absolute Gasteiger partial charge is 0.256 e. The van der Waals surface area contributed by atoms with E-state index >= 15 is 0 Å². The summed E-state index contributed by atoms with van der Waals surface area (Å²) in [5.74, 6) is -0.162. The number of halogens is 1. The highest BCUT2D eigenvalue weighted by molar-refractivity contribution is 6.36. The van der Waals surface area contributed by atoms with Gasteiger partial charge >= 0.3 is 0 Å². The van der Waals surface area contributed by atoms with Crippen molar-refractivity contribution in [2.75, 3.05) is 5.32 Å². The molecule has 22 heavy (non-hydrogen) atoms. The molecule has 0 bridgehead atoms. The monoisotopic (exact) mass is 323 g/mol. The summed E-state index contributed by atoms with van der Waals surface area (Å²) in [6, 6.07) is 3.79. The van der Waals surface area contributed by atoms with Crippen molar-refractivity contribution in [3.05, 3.63) is 22.7 Å². The van der Waals surface area contributed by atoms with Crippen molar-refractivity contribution in [3.8, 4) is 0 Å². The Balaban J connectivity index is 2.67. The Morgan fingerprint density at radius 2 is 1.86 bits per heavy atom. The van der Waals surface area contributed by atoms with E-state index in [1.54, 1.807) is 4.68 Å². The number of aliphatic hydroxyl groups is 1. The maximum atomic E-state index is 12.0. The minimum atomic E-state index is -1.49. The summed E-state index contributed by atoms with van der Waals surface area (Å²) < 4.78 is 1.71. The van der Waals surface area contributed by atoms with Crippen molar-refractivity contribution in [1.29, 1.82) is 0 Å². The third-order valence-electron chi connectivity index (χ3n) is 3.53. The zero-order chi connectivity index (χ0) is 16.9. The van der Waals surface area contributed by atoms with Gasteiger partial charge < -0.3 is 10.4 Å². The lowest BCUT2D eigenvalue weighted by atomic mass is 9.85. The van der Waals surface area contributed by atoms with Gasteiger partial charge in [0.2, 0.25) is 0 Å². The molecule has 1 amide bonds. The fourth-order valence-corrected chi connectivity index (χ4v) is 2.57. The summed E-state index contributed by atoms with van der Waals surface area (Å²) >= 11 is 6.33. The number of carbonyl (C=O) groups excluding carboxylic acids is 1. The van der Waals surface area contributed by atoms with Gasteiger partial charge in [0.05, 0.1) is 15.9 Å². The molecule has 0 aliphatic carbocycles. The van der Waals surface area contributed by atoms with Gasteiger partial charge in [0.15, 0.2) is 5.82 Å². The third kappa shape index (κ3) is 2.96. The molecule has 6 heteroatoms. The fourth-order valence-electron chi connectivity index (χ4n) is 2.33. The van der Waals surface area contributed by atoms with Gasteiger partial charge in [-0.1, -0.05) is 38.4 Å². The Kier molecular flexibility index (Phi) is 4.00. The number of nitrogens with zero attached hydrogens (tertiary/aromatic N) is 2. The van der Waals surface area contributed by atoms with Gasteiger partial charge in [-0.25, -0.2) is 0 Å². The Labute approximate surface area is 135 Å². The van der Waals surface area contributed by atoms with E-state index in [1.165, 1.54) is 13.8 Å². The van der Waals surface area contributed by atoms with Gasteiger partial charge in [0.1, 0.15) is 5.60 Å². The lowest BCUT2D eigenvalue weighted by Gasteiger charge is -2.21. The lowest BCUT2D eigenvalue weighted by Crippen LogP contribution is -2.36. The normalized spacial score (nSPS) is 12.7. The molecule has 0 aliphatic rings. The van der Waals surface area contributed by atoms with Crippen LogP contribution in [0.15, 0.2) is 12.1 Å². The number of anilines is 1. The van der Waals surface area contributed by atoms with Gasteiger partial charge in [0, 0.05) is 7.05 Å². The molecule has 0 fully saturated rings. The third-order valence-corrected chi connectivity index (χ3v) is 3.85. The van der Waals surface area contributed by atoms with Crippen molar-refractivity contribution < 1.29 is 9.90 Å². The maximum absolute atomic E-state index is 12.0. The number of aryl methyl sites for hydroxylation is 1. The minimum absolute atomic E-state index is 0.0891. The lowest BCUT2D eigenvalue weighted by molar-refractivity contribution is -0.130. The summed E-state index contributed by atoms with van der Waals surface area (Å²) in [6.45, 7) is 9.18. The van der Waals surface area contributed by atoms with Crippen molar-refractivity contribution in [2.45, 2.75) is 45.6 Å². The average molecular weight is 324 g/mol. The molecule has 1 aromatic carbocycles. The average Bonchev–Trinajstić information content (AvgIpc) is 2.65. The Bertz CT molecular complexity index is 736. The van der Waals surface area contributed by atoms with Crippen LogP contribution in [0.2, 0.25) is 5.02 Å². The number of benzene rings is 1. The Hall–Kier alpha value is -1.59. The predicted molar refractivity (Wildman–Crippen MR) is 89.4 cm³/mol. The number of carbonyl (C=O) groups is 1. The second-order valence-electron chi connectivity index (χ2n) is 7.05. The molecule has 2 aromatic rings. The summed E-state index contributed by atoms with van der Waals surface area (Å²) in [5.41, 5.74) is 0.392. The summed E-state index contributed by atoms with van der Waals surface area (Å²) in [4.78, 5) is 12.0. The van der Waals surface area contributed by atoms with Crippen LogP contribution in [0.4, 0.5) is 5.82 Å². The Morgan fingerprint density at radius 3 is 2.36 bits per heavy atom. The van der Waals surface area contributed by atoms with Crippen LogP contribution in [0.5, 0.6) is 0 Å². The van der Waals surface area contributed by atoms with Crippen LogP contribution in [0.25, 0.3) is 10.9 Å². The van der Waals surface area contributed by atoms with Crippen LogP contribution < -0.4 is 5.32 Å². The molecule has 1 aromatic heterocycles. The molecule has 0 spiro atoms. The highest BCUT2D eigenvalue weighted by atomic mass is 35.5. The van der Waals surface area contributed by atoms with Crippen LogP contribution in [-0.4, -0.2) is 26.4 Å². The number of hydrogen-bond donors (Lipinski definition) is 2. The highest BCUT2D eigenvalue weighted by Crippen LogP contribution is 2.37. The van der Waals surface area contributed by atoms with E-state index in [0.717, 1.165) is 11.1 Å². The molecule has 0 aliphatic heterocycles. The number of fused-ring (bicyclic) bond motifs is 1. The van der Waals surface area contributed by atoms with Gasteiger partial charge in [-0.3, -0.25) is 9.48 Å². The van der Waals surface area contributed by atoms with Crippen molar-refractivity contribution >= 4 is 34.2 Å². The maximum Gasteiger partial charge on any atom is 0.256 e. The van der Waals surface area contributed by atoms with Gasteiger partial charge in [-0.05, 0) is 30.9 Å². The van der Waals surface area contributed by atoms with Crippen LogP contribution in [0, 0.1) is 0 Å². The van der Waals surface area contributed by atoms with Crippen LogP contribution in [0.3, 0.4) is 0 Å². The van der Waals surface area contributed by atoms with Crippen molar-refractivity contribution in [2.24, 2.45) is 7.05 Å². The molecule has 1 heterocycles. The number of aromatic nitrogens is 2. The van der Waals surface area contributed by atoms with Gasteiger partial charge in [-0.2, -0.15) is 5.10 Å². The fraction of sp³-hybridized carbons (Fsp3) is 0.500. The van der Waals surface area contributed by atoms with Gasteiger partial charge in [0.25, 0.3) is 5.91 Å². The van der Waals surface area contributed by atoms with E-state index in [0.29, 0.717) is 16.2 Å². The van der Waals surface area contributed by atoms with E-state index in [-0.39, 0.29) is 5.41 Å². The second-order valence-corrected chi connectivity index (χ2v) is 7.46. The molecular weight excluding hydrogens is 302 g/mol. The summed E-state index contributed by atoms with van der Waals surface area (Å²) in [5, 5.41) is 18.0. The molecule has 2 rings (SSSR count). The zero-order valence-corrected chi connectivity index (χ0v) is 14.5. The molecule has 0 unspecified atom stereocenters. The SMILES string of the molecule is Cn1nc(NC(=O)C(C)(C)O)c2c(Cl)ccc(C(C)(C)C)c21. The van der Waals surface area contributed by atoms with Crippen LogP contribution >= 0.6 is 11.6 Å². The highest BCUT2D eigenvalue weighted by Gasteiger charge is 2.28. The number of rotatable bonds is 2. The zero-order valence-electron chi connectivity index (χ0n) is 13.8. The summed E-state index contributed by atoms with van der Waals surface area (Å²) in [7, 11) is 1.81. The van der Waals surface area contributed by atoms with E-state index in [1.807, 2.05) is 19.2 Å². The van der Waals surface area contributed by atoms with Crippen LogP contribution in [-0.2, 0) is 17.3 Å². The first-order chi connectivity index (χ1) is 9.93.